The zero-order valence-corrected chi connectivity index (χ0v) is 12.6. The number of hydrogen-bond donors (Lipinski definition) is 1. The number of rotatable bonds is 4. The van der Waals surface area contributed by atoms with E-state index >= 15 is 0 Å². The molecule has 110 valence electrons. The number of carbonyl (C=O) groups excluding carboxylic acids is 1. The average Bonchev–Trinajstić information content (AvgIpc) is 2.46. The minimum atomic E-state index is -0.431. The van der Waals surface area contributed by atoms with Crippen molar-refractivity contribution >= 4 is 5.91 Å². The van der Waals surface area contributed by atoms with Crippen molar-refractivity contribution in [2.24, 2.45) is 11.7 Å². The van der Waals surface area contributed by atoms with Crippen LogP contribution in [0.15, 0.2) is 30.3 Å². The summed E-state index contributed by atoms with van der Waals surface area (Å²) < 4.78 is 0. The Morgan fingerprint density at radius 1 is 1.35 bits per heavy atom. The van der Waals surface area contributed by atoms with E-state index in [9.17, 15) is 4.79 Å². The Morgan fingerprint density at radius 2 is 2.05 bits per heavy atom. The number of amides is 1. The number of nitrogens with zero attached hydrogens (tertiary/aromatic N) is 1. The smallest absolute Gasteiger partial charge is 0.239 e. The van der Waals surface area contributed by atoms with Gasteiger partial charge in [0.05, 0.1) is 6.04 Å². The van der Waals surface area contributed by atoms with Crippen molar-refractivity contribution in [2.45, 2.75) is 51.1 Å². The van der Waals surface area contributed by atoms with E-state index < -0.39 is 6.04 Å². The zero-order valence-electron chi connectivity index (χ0n) is 12.6. The van der Waals surface area contributed by atoms with E-state index in [4.69, 9.17) is 5.73 Å². The first-order valence-corrected chi connectivity index (χ1v) is 7.64. The monoisotopic (exact) mass is 274 g/mol. The van der Waals surface area contributed by atoms with E-state index in [0.29, 0.717) is 18.4 Å². The summed E-state index contributed by atoms with van der Waals surface area (Å²) in [5.74, 6) is 0.794. The molecule has 1 fully saturated rings. The lowest BCUT2D eigenvalue weighted by Gasteiger charge is -2.35. The largest absolute Gasteiger partial charge is 0.341 e. The van der Waals surface area contributed by atoms with Crippen LogP contribution >= 0.6 is 0 Å². The molecule has 1 saturated carbocycles. The van der Waals surface area contributed by atoms with Gasteiger partial charge in [-0.2, -0.15) is 0 Å². The van der Waals surface area contributed by atoms with Crippen molar-refractivity contribution in [3.05, 3.63) is 35.9 Å². The van der Waals surface area contributed by atoms with Gasteiger partial charge in [0, 0.05) is 13.1 Å². The topological polar surface area (TPSA) is 46.3 Å². The van der Waals surface area contributed by atoms with Crippen LogP contribution in [0.1, 0.15) is 38.2 Å². The van der Waals surface area contributed by atoms with Crippen LogP contribution in [-0.4, -0.2) is 29.9 Å². The molecule has 3 nitrogen and oxygen atoms in total. The first-order valence-electron chi connectivity index (χ1n) is 7.64. The molecule has 1 aromatic carbocycles. The number of hydrogen-bond acceptors (Lipinski definition) is 2. The summed E-state index contributed by atoms with van der Waals surface area (Å²) in [6, 6.07) is 9.93. The van der Waals surface area contributed by atoms with Gasteiger partial charge in [-0.1, -0.05) is 50.1 Å². The van der Waals surface area contributed by atoms with Gasteiger partial charge in [0.1, 0.15) is 0 Å². The molecular formula is C17H26N2O. The lowest BCUT2D eigenvalue weighted by molar-refractivity contribution is -0.134. The van der Waals surface area contributed by atoms with Crippen LogP contribution in [0.5, 0.6) is 0 Å². The molecule has 3 atom stereocenters. The highest BCUT2D eigenvalue weighted by atomic mass is 16.2. The summed E-state index contributed by atoms with van der Waals surface area (Å²) in [5, 5.41) is 0. The van der Waals surface area contributed by atoms with Crippen LogP contribution < -0.4 is 5.73 Å². The van der Waals surface area contributed by atoms with Crippen molar-refractivity contribution < 1.29 is 4.79 Å². The molecule has 3 heteroatoms. The predicted octanol–water partition coefficient (Wildman–Crippen LogP) is 2.59. The maximum atomic E-state index is 12.5. The molecule has 1 aliphatic rings. The molecule has 0 bridgehead atoms. The SMILES string of the molecule is CC1CCCC(N(C)C(=O)[C@H](N)Cc2ccccc2)C1. The van der Waals surface area contributed by atoms with Gasteiger partial charge in [0.15, 0.2) is 0 Å². The summed E-state index contributed by atoms with van der Waals surface area (Å²) in [4.78, 5) is 14.3. The van der Waals surface area contributed by atoms with Crippen molar-refractivity contribution in [3.63, 3.8) is 0 Å². The van der Waals surface area contributed by atoms with Crippen LogP contribution in [-0.2, 0) is 11.2 Å². The van der Waals surface area contributed by atoms with Crippen molar-refractivity contribution in [2.75, 3.05) is 7.05 Å². The van der Waals surface area contributed by atoms with Gasteiger partial charge in [-0.25, -0.2) is 0 Å². The van der Waals surface area contributed by atoms with Crippen LogP contribution in [0.3, 0.4) is 0 Å². The molecule has 2 N–H and O–H groups in total. The Labute approximate surface area is 122 Å². The van der Waals surface area contributed by atoms with E-state index in [-0.39, 0.29) is 5.91 Å². The molecule has 2 rings (SSSR count). The van der Waals surface area contributed by atoms with Gasteiger partial charge in [0.25, 0.3) is 0 Å². The summed E-state index contributed by atoms with van der Waals surface area (Å²) >= 11 is 0. The molecule has 0 heterocycles. The molecule has 1 amide bonds. The normalized spacial score (nSPS) is 24.1. The summed E-state index contributed by atoms with van der Waals surface area (Å²) in [6.45, 7) is 2.27. The predicted molar refractivity (Wildman–Crippen MR) is 82.3 cm³/mol. The fourth-order valence-corrected chi connectivity index (χ4v) is 3.15. The van der Waals surface area contributed by atoms with Crippen molar-refractivity contribution in [1.82, 2.24) is 4.90 Å². The molecule has 1 aromatic rings. The third kappa shape index (κ3) is 3.83. The van der Waals surface area contributed by atoms with Crippen molar-refractivity contribution in [1.29, 1.82) is 0 Å². The van der Waals surface area contributed by atoms with E-state index in [1.165, 1.54) is 12.8 Å². The molecule has 0 spiro atoms. The molecular weight excluding hydrogens is 248 g/mol. The Hall–Kier alpha value is -1.35. The Kier molecular flexibility index (Phi) is 5.18. The third-order valence-electron chi connectivity index (χ3n) is 4.42. The van der Waals surface area contributed by atoms with Crippen LogP contribution in [0.2, 0.25) is 0 Å². The van der Waals surface area contributed by atoms with Gasteiger partial charge in [-0.15, -0.1) is 0 Å². The van der Waals surface area contributed by atoms with Crippen molar-refractivity contribution in [3.8, 4) is 0 Å². The molecule has 0 radical (unpaired) electrons. The van der Waals surface area contributed by atoms with E-state index in [1.807, 2.05) is 42.3 Å². The zero-order chi connectivity index (χ0) is 14.5. The Bertz CT molecular complexity index is 432. The average molecular weight is 274 g/mol. The Balaban J connectivity index is 1.92. The molecule has 0 saturated heterocycles. The van der Waals surface area contributed by atoms with Crippen LogP contribution in [0.25, 0.3) is 0 Å². The first-order chi connectivity index (χ1) is 9.58. The first kappa shape index (κ1) is 15.0. The highest BCUT2D eigenvalue weighted by Gasteiger charge is 2.28. The van der Waals surface area contributed by atoms with Crippen LogP contribution in [0.4, 0.5) is 0 Å². The molecule has 20 heavy (non-hydrogen) atoms. The highest BCUT2D eigenvalue weighted by Crippen LogP contribution is 2.27. The minimum Gasteiger partial charge on any atom is -0.341 e. The van der Waals surface area contributed by atoms with Gasteiger partial charge in [-0.3, -0.25) is 4.79 Å². The fraction of sp³-hybridized carbons (Fsp3) is 0.588. The second-order valence-corrected chi connectivity index (χ2v) is 6.17. The second kappa shape index (κ2) is 6.89. The van der Waals surface area contributed by atoms with E-state index in [0.717, 1.165) is 18.4 Å². The van der Waals surface area contributed by atoms with Gasteiger partial charge in [0.2, 0.25) is 5.91 Å². The second-order valence-electron chi connectivity index (χ2n) is 6.17. The van der Waals surface area contributed by atoms with E-state index in [2.05, 4.69) is 6.92 Å². The summed E-state index contributed by atoms with van der Waals surface area (Å²) in [7, 11) is 1.91. The number of likely N-dealkylation sites (N-methyl/N-ethyl adjacent to an activating group) is 1. The fourth-order valence-electron chi connectivity index (χ4n) is 3.15. The molecule has 2 unspecified atom stereocenters. The third-order valence-corrected chi connectivity index (χ3v) is 4.42. The molecule has 1 aliphatic carbocycles. The maximum Gasteiger partial charge on any atom is 0.239 e. The number of carbonyl (C=O) groups is 1. The van der Waals surface area contributed by atoms with Gasteiger partial charge in [-0.05, 0) is 30.7 Å². The van der Waals surface area contributed by atoms with Crippen LogP contribution in [0, 0.1) is 5.92 Å². The lowest BCUT2D eigenvalue weighted by Crippen LogP contribution is -2.48. The van der Waals surface area contributed by atoms with Gasteiger partial charge >= 0.3 is 0 Å². The standard InChI is InChI=1S/C17H26N2O/c1-13-7-6-10-15(11-13)19(2)17(20)16(18)12-14-8-4-3-5-9-14/h3-5,8-9,13,15-16H,6-7,10-12,18H2,1-2H3/t13?,15?,16-/m1/s1. The quantitative estimate of drug-likeness (QED) is 0.917. The van der Waals surface area contributed by atoms with E-state index in [1.54, 1.807) is 0 Å². The highest BCUT2D eigenvalue weighted by molar-refractivity contribution is 5.82. The van der Waals surface area contributed by atoms with Gasteiger partial charge < -0.3 is 10.6 Å². The Morgan fingerprint density at radius 3 is 2.70 bits per heavy atom. The lowest BCUT2D eigenvalue weighted by atomic mass is 9.86. The summed E-state index contributed by atoms with van der Waals surface area (Å²) in [5.41, 5.74) is 7.22. The molecule has 0 aliphatic heterocycles. The summed E-state index contributed by atoms with van der Waals surface area (Å²) in [6.07, 6.45) is 5.35. The molecule has 0 aromatic heterocycles. The maximum absolute atomic E-state index is 12.5. The number of benzene rings is 1. The number of nitrogens with two attached hydrogens (primary N) is 1. The minimum absolute atomic E-state index is 0.0768.